The van der Waals surface area contributed by atoms with Gasteiger partial charge in [-0.15, -0.1) is 0 Å². The van der Waals surface area contributed by atoms with Gasteiger partial charge in [-0.1, -0.05) is 32.1 Å². The Labute approximate surface area is 156 Å². The lowest BCUT2D eigenvalue weighted by molar-refractivity contribution is -0.131. The molecular formula is C20H33N5O. The van der Waals surface area contributed by atoms with E-state index in [1.165, 1.54) is 77.3 Å². The van der Waals surface area contributed by atoms with Crippen molar-refractivity contribution in [2.24, 2.45) is 11.3 Å². The Balaban J connectivity index is 1.27. The molecule has 144 valence electrons. The lowest BCUT2D eigenvalue weighted by Crippen LogP contribution is -2.46. The molecule has 2 aliphatic heterocycles. The molecule has 1 aliphatic carbocycles. The van der Waals surface area contributed by atoms with Crippen LogP contribution in [0.4, 0.5) is 0 Å². The number of nitrogens with zero attached hydrogens (tertiary/aromatic N) is 5. The van der Waals surface area contributed by atoms with Crippen LogP contribution in [-0.4, -0.2) is 63.2 Å². The third kappa shape index (κ3) is 4.27. The molecular weight excluding hydrogens is 326 g/mol. The Kier molecular flexibility index (Phi) is 5.57. The van der Waals surface area contributed by atoms with Gasteiger partial charge in [0.25, 0.3) is 0 Å². The first-order chi connectivity index (χ1) is 12.7. The molecule has 1 aromatic rings. The van der Waals surface area contributed by atoms with Crippen LogP contribution in [0.5, 0.6) is 0 Å². The van der Waals surface area contributed by atoms with Crippen LogP contribution in [0.15, 0.2) is 12.7 Å². The molecule has 1 spiro atoms. The number of rotatable bonds is 5. The van der Waals surface area contributed by atoms with Crippen molar-refractivity contribution >= 4 is 5.91 Å². The van der Waals surface area contributed by atoms with Gasteiger partial charge in [0.1, 0.15) is 19.2 Å². The van der Waals surface area contributed by atoms with Crippen molar-refractivity contribution in [2.45, 2.75) is 64.3 Å². The van der Waals surface area contributed by atoms with Crippen molar-refractivity contribution in [1.82, 2.24) is 24.6 Å². The van der Waals surface area contributed by atoms with Gasteiger partial charge in [0.15, 0.2) is 0 Å². The van der Waals surface area contributed by atoms with Crippen LogP contribution < -0.4 is 0 Å². The molecule has 3 heterocycles. The number of likely N-dealkylation sites (tertiary alicyclic amines) is 2. The number of amides is 1. The van der Waals surface area contributed by atoms with Crippen LogP contribution in [0.2, 0.25) is 0 Å². The molecule has 0 N–H and O–H groups in total. The van der Waals surface area contributed by atoms with Gasteiger partial charge in [0.2, 0.25) is 5.91 Å². The molecule has 0 unspecified atom stereocenters. The summed E-state index contributed by atoms with van der Waals surface area (Å²) in [4.78, 5) is 21.3. The van der Waals surface area contributed by atoms with Crippen molar-refractivity contribution in [3.63, 3.8) is 0 Å². The third-order valence-corrected chi connectivity index (χ3v) is 6.87. The van der Waals surface area contributed by atoms with Crippen molar-refractivity contribution in [1.29, 1.82) is 0 Å². The summed E-state index contributed by atoms with van der Waals surface area (Å²) in [7, 11) is 0. The summed E-state index contributed by atoms with van der Waals surface area (Å²) in [6, 6.07) is 0. The minimum absolute atomic E-state index is 0.187. The fourth-order valence-corrected chi connectivity index (χ4v) is 5.38. The van der Waals surface area contributed by atoms with Gasteiger partial charge in [0, 0.05) is 25.0 Å². The van der Waals surface area contributed by atoms with Crippen LogP contribution in [0.3, 0.4) is 0 Å². The van der Waals surface area contributed by atoms with Gasteiger partial charge in [-0.25, -0.2) is 9.67 Å². The first kappa shape index (κ1) is 18.0. The molecule has 3 fully saturated rings. The number of carbonyl (C=O) groups is 1. The number of carbonyl (C=O) groups excluding carboxylic acids is 1. The fourth-order valence-electron chi connectivity index (χ4n) is 5.38. The molecule has 0 bridgehead atoms. The molecule has 0 radical (unpaired) electrons. The molecule has 6 heteroatoms. The predicted octanol–water partition coefficient (Wildman–Crippen LogP) is 2.56. The molecule has 4 rings (SSSR count). The van der Waals surface area contributed by atoms with E-state index >= 15 is 0 Å². The van der Waals surface area contributed by atoms with E-state index in [0.717, 1.165) is 25.4 Å². The van der Waals surface area contributed by atoms with E-state index in [4.69, 9.17) is 0 Å². The van der Waals surface area contributed by atoms with Crippen molar-refractivity contribution in [2.75, 3.05) is 32.7 Å². The highest BCUT2D eigenvalue weighted by atomic mass is 16.2. The van der Waals surface area contributed by atoms with E-state index < -0.39 is 0 Å². The highest BCUT2D eigenvalue weighted by Gasteiger charge is 2.42. The van der Waals surface area contributed by atoms with Gasteiger partial charge in [0.05, 0.1) is 0 Å². The molecule has 1 saturated carbocycles. The van der Waals surface area contributed by atoms with Gasteiger partial charge < -0.3 is 9.80 Å². The van der Waals surface area contributed by atoms with Crippen LogP contribution in [-0.2, 0) is 11.3 Å². The van der Waals surface area contributed by atoms with E-state index in [9.17, 15) is 4.79 Å². The first-order valence-electron chi connectivity index (χ1n) is 10.6. The fraction of sp³-hybridized carbons (Fsp3) is 0.850. The standard InChI is InChI=1S/C20H33N5O/c26-19(13-25-17-21-16-22-25)24-12-9-20(15-24)8-4-10-23(14-20)11-7-18-5-2-1-3-6-18/h16-18H,1-15H2/t20-/m1/s1. The summed E-state index contributed by atoms with van der Waals surface area (Å²) in [5, 5.41) is 4.06. The van der Waals surface area contributed by atoms with Crippen LogP contribution >= 0.6 is 0 Å². The molecule has 6 nitrogen and oxygen atoms in total. The lowest BCUT2D eigenvalue weighted by Gasteiger charge is -2.41. The van der Waals surface area contributed by atoms with Crippen LogP contribution in [0, 0.1) is 11.3 Å². The Morgan fingerprint density at radius 2 is 1.96 bits per heavy atom. The number of hydrogen-bond acceptors (Lipinski definition) is 4. The Morgan fingerprint density at radius 3 is 2.77 bits per heavy atom. The molecule has 1 amide bonds. The highest BCUT2D eigenvalue weighted by molar-refractivity contribution is 5.76. The minimum atomic E-state index is 0.187. The molecule has 1 atom stereocenters. The SMILES string of the molecule is O=C(Cn1cncn1)N1CC[C@@]2(CCCN(CCC3CCCCC3)C2)C1. The highest BCUT2D eigenvalue weighted by Crippen LogP contribution is 2.39. The van der Waals surface area contributed by atoms with Crippen molar-refractivity contribution in [3.8, 4) is 0 Å². The van der Waals surface area contributed by atoms with Gasteiger partial charge in [-0.3, -0.25) is 4.79 Å². The quantitative estimate of drug-likeness (QED) is 0.811. The van der Waals surface area contributed by atoms with Crippen LogP contribution in [0.25, 0.3) is 0 Å². The summed E-state index contributed by atoms with van der Waals surface area (Å²) in [6.45, 7) is 5.86. The van der Waals surface area contributed by atoms with E-state index in [1.54, 1.807) is 11.0 Å². The number of piperidine rings is 1. The zero-order chi connectivity index (χ0) is 17.8. The first-order valence-corrected chi connectivity index (χ1v) is 10.6. The summed E-state index contributed by atoms with van der Waals surface area (Å²) in [5.74, 6) is 1.15. The minimum Gasteiger partial charge on any atom is -0.340 e. The third-order valence-electron chi connectivity index (χ3n) is 6.87. The molecule has 0 aromatic carbocycles. The maximum absolute atomic E-state index is 12.6. The topological polar surface area (TPSA) is 54.3 Å². The Bertz CT molecular complexity index is 583. The van der Waals surface area contributed by atoms with Gasteiger partial charge in [-0.2, -0.15) is 5.10 Å². The van der Waals surface area contributed by atoms with Crippen molar-refractivity contribution in [3.05, 3.63) is 12.7 Å². The maximum atomic E-state index is 12.6. The molecule has 3 aliphatic rings. The van der Waals surface area contributed by atoms with Crippen molar-refractivity contribution < 1.29 is 4.79 Å². The predicted molar refractivity (Wildman–Crippen MR) is 101 cm³/mol. The van der Waals surface area contributed by atoms with E-state index in [0.29, 0.717) is 12.0 Å². The zero-order valence-corrected chi connectivity index (χ0v) is 16.0. The second-order valence-corrected chi connectivity index (χ2v) is 8.83. The monoisotopic (exact) mass is 359 g/mol. The Morgan fingerprint density at radius 1 is 1.08 bits per heavy atom. The Hall–Kier alpha value is -1.43. The van der Waals surface area contributed by atoms with E-state index in [1.807, 2.05) is 0 Å². The van der Waals surface area contributed by atoms with E-state index in [2.05, 4.69) is 19.9 Å². The van der Waals surface area contributed by atoms with E-state index in [-0.39, 0.29) is 5.91 Å². The second kappa shape index (κ2) is 8.07. The summed E-state index contributed by atoms with van der Waals surface area (Å²) in [5.41, 5.74) is 0.336. The lowest BCUT2D eigenvalue weighted by atomic mass is 9.79. The van der Waals surface area contributed by atoms with Crippen LogP contribution in [0.1, 0.15) is 57.8 Å². The second-order valence-electron chi connectivity index (χ2n) is 8.83. The largest absolute Gasteiger partial charge is 0.340 e. The van der Waals surface area contributed by atoms with Gasteiger partial charge >= 0.3 is 0 Å². The summed E-state index contributed by atoms with van der Waals surface area (Å²) >= 11 is 0. The summed E-state index contributed by atoms with van der Waals surface area (Å²) < 4.78 is 1.63. The number of hydrogen-bond donors (Lipinski definition) is 0. The normalized spacial score (nSPS) is 28.1. The average Bonchev–Trinajstić information content (AvgIpc) is 3.31. The maximum Gasteiger partial charge on any atom is 0.244 e. The molecule has 26 heavy (non-hydrogen) atoms. The molecule has 1 aromatic heterocycles. The number of aromatic nitrogens is 3. The molecule has 2 saturated heterocycles. The summed E-state index contributed by atoms with van der Waals surface area (Å²) in [6.07, 6.45) is 15.4. The zero-order valence-electron chi connectivity index (χ0n) is 16.0. The average molecular weight is 360 g/mol. The smallest absolute Gasteiger partial charge is 0.244 e. The van der Waals surface area contributed by atoms with Gasteiger partial charge in [-0.05, 0) is 44.7 Å².